The highest BCUT2D eigenvalue weighted by Gasteiger charge is 2.25. The Kier molecular flexibility index (Phi) is 8.26. The van der Waals surface area contributed by atoms with Gasteiger partial charge >= 0.3 is 5.97 Å². The van der Waals surface area contributed by atoms with E-state index in [4.69, 9.17) is 27.9 Å². The summed E-state index contributed by atoms with van der Waals surface area (Å²) in [4.78, 5) is 36.0. The van der Waals surface area contributed by atoms with Crippen molar-refractivity contribution in [3.8, 4) is 16.9 Å². The molecule has 0 saturated heterocycles. The molecule has 0 aromatic heterocycles. The molecule has 0 aliphatic rings. The largest absolute Gasteiger partial charge is 0.496 e. The number of benzene rings is 3. The van der Waals surface area contributed by atoms with Crippen molar-refractivity contribution >= 4 is 35.1 Å². The number of nitrogens with zero attached hydrogens (tertiary/aromatic N) is 1. The number of amides is 1. The van der Waals surface area contributed by atoms with Crippen molar-refractivity contribution in [3.05, 3.63) is 92.3 Å². The fourth-order valence-corrected chi connectivity index (χ4v) is 4.20. The summed E-state index contributed by atoms with van der Waals surface area (Å²) in [5.41, 5.74) is 2.73. The molecule has 34 heavy (non-hydrogen) atoms. The lowest BCUT2D eigenvalue weighted by molar-refractivity contribution is -0.139. The number of para-hydroxylation sites is 1. The number of carboxylic acids is 1. The molecule has 2 N–H and O–H groups in total. The summed E-state index contributed by atoms with van der Waals surface area (Å²) >= 11 is 12.2. The van der Waals surface area contributed by atoms with Crippen LogP contribution >= 0.6 is 23.2 Å². The molecule has 9 heteroatoms. The normalized spacial score (nSPS) is 12.5. The van der Waals surface area contributed by atoms with Crippen molar-refractivity contribution in [1.82, 2.24) is 5.32 Å². The van der Waals surface area contributed by atoms with E-state index in [0.717, 1.165) is 11.1 Å². The second-order valence-corrected chi connectivity index (χ2v) is 8.38. The maximum absolute atomic E-state index is 12.7. The molecule has 3 aromatic rings. The van der Waals surface area contributed by atoms with Gasteiger partial charge in [-0.2, -0.15) is 4.91 Å². The Morgan fingerprint density at radius 3 is 2.32 bits per heavy atom. The monoisotopic (exact) mass is 500 g/mol. The van der Waals surface area contributed by atoms with Gasteiger partial charge in [-0.3, -0.25) is 4.79 Å². The average molecular weight is 501 g/mol. The Labute approximate surface area is 206 Å². The zero-order valence-corrected chi connectivity index (χ0v) is 19.9. The van der Waals surface area contributed by atoms with Crippen LogP contribution in [0.15, 0.2) is 65.8 Å². The lowest BCUT2D eigenvalue weighted by atomic mass is 9.91. The van der Waals surface area contributed by atoms with Crippen LogP contribution in [0.1, 0.15) is 34.5 Å². The van der Waals surface area contributed by atoms with Gasteiger partial charge in [0.25, 0.3) is 5.91 Å². The number of carbonyl (C=O) groups is 2. The molecule has 7 nitrogen and oxygen atoms in total. The Morgan fingerprint density at radius 1 is 1.03 bits per heavy atom. The first-order chi connectivity index (χ1) is 16.3. The van der Waals surface area contributed by atoms with Gasteiger partial charge < -0.3 is 15.2 Å². The van der Waals surface area contributed by atoms with E-state index in [0.29, 0.717) is 16.9 Å². The van der Waals surface area contributed by atoms with E-state index in [-0.39, 0.29) is 22.0 Å². The third-order valence-corrected chi connectivity index (χ3v) is 5.98. The van der Waals surface area contributed by atoms with Crippen molar-refractivity contribution in [3.63, 3.8) is 0 Å². The maximum Gasteiger partial charge on any atom is 0.326 e. The molecule has 0 aliphatic carbocycles. The zero-order chi connectivity index (χ0) is 24.8. The summed E-state index contributed by atoms with van der Waals surface area (Å²) in [6.45, 7) is 1.65. The summed E-state index contributed by atoms with van der Waals surface area (Å²) in [5.74, 6) is -1.30. The Morgan fingerprint density at radius 2 is 1.71 bits per heavy atom. The summed E-state index contributed by atoms with van der Waals surface area (Å²) in [6.07, 6.45) is -0.0338. The van der Waals surface area contributed by atoms with Crippen molar-refractivity contribution in [1.29, 1.82) is 0 Å². The first-order valence-electron chi connectivity index (χ1n) is 10.3. The van der Waals surface area contributed by atoms with Crippen molar-refractivity contribution in [2.24, 2.45) is 5.18 Å². The molecule has 0 saturated carbocycles. The molecule has 176 valence electrons. The standard InChI is InChI=1S/C25H22Cl2N2O5/c1-14(29-33)18-12-15(10-11-16(18)17-6-3-4-9-22(17)34-2)13-21(25(31)32)28-24(30)23-19(26)7-5-8-20(23)27/h3-12,14,21H,13H2,1-2H3,(H,28,30)(H,31,32)/t14?,21-/m0/s1. The number of nitrogens with one attached hydrogen (secondary N) is 1. The number of hydrogen-bond donors (Lipinski definition) is 2. The predicted octanol–water partition coefficient (Wildman–Crippen LogP) is 5.92. The molecular formula is C25H22Cl2N2O5. The van der Waals surface area contributed by atoms with Gasteiger partial charge in [-0.25, -0.2) is 4.79 Å². The zero-order valence-electron chi connectivity index (χ0n) is 18.4. The van der Waals surface area contributed by atoms with Crippen LogP contribution in [0.5, 0.6) is 5.75 Å². The number of carboxylic acid groups (broad SMARTS) is 1. The van der Waals surface area contributed by atoms with Crippen molar-refractivity contribution < 1.29 is 19.4 Å². The van der Waals surface area contributed by atoms with E-state index >= 15 is 0 Å². The minimum absolute atomic E-state index is 0.00284. The number of nitroso groups, excluding NO2 is 1. The molecule has 0 fully saturated rings. The molecule has 3 aromatic carbocycles. The van der Waals surface area contributed by atoms with Crippen LogP contribution in [0.3, 0.4) is 0 Å². The van der Waals surface area contributed by atoms with Crippen LogP contribution < -0.4 is 10.1 Å². The van der Waals surface area contributed by atoms with Crippen LogP contribution in [0.2, 0.25) is 10.0 Å². The molecule has 0 heterocycles. The molecule has 0 bridgehead atoms. The van der Waals surface area contributed by atoms with E-state index in [9.17, 15) is 19.6 Å². The van der Waals surface area contributed by atoms with Crippen LogP contribution in [0.4, 0.5) is 0 Å². The second kappa shape index (κ2) is 11.1. The highest BCUT2D eigenvalue weighted by atomic mass is 35.5. The topological polar surface area (TPSA) is 105 Å². The smallest absolute Gasteiger partial charge is 0.326 e. The first-order valence-corrected chi connectivity index (χ1v) is 11.1. The van der Waals surface area contributed by atoms with Crippen molar-refractivity contribution in [2.75, 3.05) is 7.11 Å². The first kappa shape index (κ1) is 25.2. The number of aliphatic carboxylic acids is 1. The number of halogens is 2. The number of hydrogen-bond acceptors (Lipinski definition) is 5. The van der Waals surface area contributed by atoms with E-state index in [1.807, 2.05) is 24.3 Å². The molecule has 0 aliphatic heterocycles. The quantitative estimate of drug-likeness (QED) is 0.354. The van der Waals surface area contributed by atoms with E-state index in [2.05, 4.69) is 10.5 Å². The molecule has 0 radical (unpaired) electrons. The van der Waals surface area contributed by atoms with Gasteiger partial charge in [0, 0.05) is 12.0 Å². The van der Waals surface area contributed by atoms with Gasteiger partial charge in [0.1, 0.15) is 17.8 Å². The minimum atomic E-state index is -1.26. The van der Waals surface area contributed by atoms with Gasteiger partial charge in [0.05, 0.1) is 22.7 Å². The number of ether oxygens (including phenoxy) is 1. The van der Waals surface area contributed by atoms with Gasteiger partial charge in [-0.1, -0.05) is 70.8 Å². The summed E-state index contributed by atoms with van der Waals surface area (Å²) in [7, 11) is 1.56. The molecule has 0 spiro atoms. The van der Waals surface area contributed by atoms with Crippen LogP contribution in [0.25, 0.3) is 11.1 Å². The molecule has 1 amide bonds. The third kappa shape index (κ3) is 5.55. The Bertz CT molecular complexity index is 1210. The van der Waals surface area contributed by atoms with Gasteiger partial charge in [0.15, 0.2) is 0 Å². The highest BCUT2D eigenvalue weighted by molar-refractivity contribution is 6.39. The van der Waals surface area contributed by atoms with E-state index in [1.165, 1.54) is 12.1 Å². The summed E-state index contributed by atoms with van der Waals surface area (Å²) in [6, 6.07) is 15.2. The van der Waals surface area contributed by atoms with Crippen LogP contribution in [-0.4, -0.2) is 30.1 Å². The van der Waals surface area contributed by atoms with Crippen LogP contribution in [-0.2, 0) is 11.2 Å². The molecule has 2 atom stereocenters. The molecular weight excluding hydrogens is 479 g/mol. The fourth-order valence-electron chi connectivity index (χ4n) is 3.63. The number of rotatable bonds is 9. The number of carbonyl (C=O) groups excluding carboxylic acids is 1. The minimum Gasteiger partial charge on any atom is -0.496 e. The van der Waals surface area contributed by atoms with Gasteiger partial charge in [-0.05, 0) is 41.8 Å². The predicted molar refractivity (Wildman–Crippen MR) is 132 cm³/mol. The maximum atomic E-state index is 12.7. The SMILES string of the molecule is COc1ccccc1-c1ccc(C[C@H](NC(=O)c2c(Cl)cccc2Cl)C(=O)O)cc1C(C)N=O. The van der Waals surface area contributed by atoms with E-state index in [1.54, 1.807) is 38.3 Å². The van der Waals surface area contributed by atoms with Gasteiger partial charge in [-0.15, -0.1) is 0 Å². The lowest BCUT2D eigenvalue weighted by Crippen LogP contribution is -2.42. The fraction of sp³-hybridized carbons (Fsp3) is 0.200. The molecule has 1 unspecified atom stereocenters. The Balaban J connectivity index is 1.94. The summed E-state index contributed by atoms with van der Waals surface area (Å²) < 4.78 is 5.44. The molecule has 3 rings (SSSR count). The second-order valence-electron chi connectivity index (χ2n) is 7.57. The van der Waals surface area contributed by atoms with Crippen LogP contribution in [0, 0.1) is 4.91 Å². The Hall–Kier alpha value is -3.42. The summed E-state index contributed by atoms with van der Waals surface area (Å²) in [5, 5.41) is 15.6. The van der Waals surface area contributed by atoms with Crippen molar-refractivity contribution in [2.45, 2.75) is 25.4 Å². The lowest BCUT2D eigenvalue weighted by Gasteiger charge is -2.19. The highest BCUT2D eigenvalue weighted by Crippen LogP contribution is 2.36. The third-order valence-electron chi connectivity index (χ3n) is 5.35. The van der Waals surface area contributed by atoms with Gasteiger partial charge in [0.2, 0.25) is 0 Å². The average Bonchev–Trinajstić information content (AvgIpc) is 2.82. The van der Waals surface area contributed by atoms with E-state index < -0.39 is 24.0 Å². The number of methoxy groups -OCH3 is 1.